The summed E-state index contributed by atoms with van der Waals surface area (Å²) < 4.78 is 10.3. The van der Waals surface area contributed by atoms with Crippen molar-refractivity contribution in [3.05, 3.63) is 29.3 Å². The SMILES string of the molecule is COCCNC(=O)COc1ccc(C)cc1[C@H](C)O. The van der Waals surface area contributed by atoms with E-state index in [-0.39, 0.29) is 12.5 Å². The summed E-state index contributed by atoms with van der Waals surface area (Å²) in [6.45, 7) is 4.45. The first kappa shape index (κ1) is 15.5. The van der Waals surface area contributed by atoms with Crippen LogP contribution in [0.3, 0.4) is 0 Å². The van der Waals surface area contributed by atoms with Crippen molar-refractivity contribution in [2.45, 2.75) is 20.0 Å². The number of methoxy groups -OCH3 is 1. The molecule has 5 heteroatoms. The molecule has 0 heterocycles. The Morgan fingerprint density at radius 2 is 2.21 bits per heavy atom. The molecular formula is C14H21NO4. The van der Waals surface area contributed by atoms with Gasteiger partial charge in [0.1, 0.15) is 5.75 Å². The van der Waals surface area contributed by atoms with Gasteiger partial charge in [-0.3, -0.25) is 4.79 Å². The molecule has 0 aliphatic carbocycles. The minimum atomic E-state index is -0.633. The van der Waals surface area contributed by atoms with Gasteiger partial charge in [0.25, 0.3) is 5.91 Å². The molecule has 106 valence electrons. The molecule has 0 radical (unpaired) electrons. The van der Waals surface area contributed by atoms with Crippen molar-refractivity contribution in [2.75, 3.05) is 26.9 Å². The number of aliphatic hydroxyl groups excluding tert-OH is 1. The number of carbonyl (C=O) groups excluding carboxylic acids is 1. The number of hydrogen-bond donors (Lipinski definition) is 2. The van der Waals surface area contributed by atoms with Crippen LogP contribution in [0, 0.1) is 6.92 Å². The number of hydrogen-bond acceptors (Lipinski definition) is 4. The highest BCUT2D eigenvalue weighted by molar-refractivity contribution is 5.77. The fourth-order valence-corrected chi connectivity index (χ4v) is 1.61. The zero-order chi connectivity index (χ0) is 14.3. The van der Waals surface area contributed by atoms with E-state index < -0.39 is 6.10 Å². The van der Waals surface area contributed by atoms with Crippen LogP contribution in [0.1, 0.15) is 24.2 Å². The first-order chi connectivity index (χ1) is 9.04. The Labute approximate surface area is 113 Å². The zero-order valence-electron chi connectivity index (χ0n) is 11.6. The average Bonchev–Trinajstić information content (AvgIpc) is 2.37. The highest BCUT2D eigenvalue weighted by Gasteiger charge is 2.11. The smallest absolute Gasteiger partial charge is 0.258 e. The van der Waals surface area contributed by atoms with Crippen LogP contribution in [0.25, 0.3) is 0 Å². The second-order valence-corrected chi connectivity index (χ2v) is 4.35. The molecule has 0 bridgehead atoms. The van der Waals surface area contributed by atoms with Crippen molar-refractivity contribution in [1.82, 2.24) is 5.32 Å². The van der Waals surface area contributed by atoms with E-state index in [1.165, 1.54) is 0 Å². The zero-order valence-corrected chi connectivity index (χ0v) is 11.6. The highest BCUT2D eigenvalue weighted by atomic mass is 16.5. The van der Waals surface area contributed by atoms with Crippen LogP contribution >= 0.6 is 0 Å². The summed E-state index contributed by atoms with van der Waals surface area (Å²) >= 11 is 0. The van der Waals surface area contributed by atoms with Gasteiger partial charge in [0.05, 0.1) is 12.7 Å². The fraction of sp³-hybridized carbons (Fsp3) is 0.500. The van der Waals surface area contributed by atoms with E-state index in [1.54, 1.807) is 20.1 Å². The summed E-state index contributed by atoms with van der Waals surface area (Å²) in [5.41, 5.74) is 1.72. The number of ether oxygens (including phenoxy) is 2. The third-order valence-corrected chi connectivity index (χ3v) is 2.60. The lowest BCUT2D eigenvalue weighted by Gasteiger charge is -2.14. The maximum Gasteiger partial charge on any atom is 0.258 e. The van der Waals surface area contributed by atoms with Crippen molar-refractivity contribution in [3.8, 4) is 5.75 Å². The molecule has 0 saturated heterocycles. The number of aryl methyl sites for hydroxylation is 1. The summed E-state index contributed by atoms with van der Waals surface area (Å²) in [6, 6.07) is 5.49. The number of rotatable bonds is 7. The van der Waals surface area contributed by atoms with Crippen LogP contribution in [0.4, 0.5) is 0 Å². The Morgan fingerprint density at radius 1 is 1.47 bits per heavy atom. The largest absolute Gasteiger partial charge is 0.483 e. The van der Waals surface area contributed by atoms with Gasteiger partial charge in [-0.1, -0.05) is 11.6 Å². The molecule has 0 aliphatic rings. The van der Waals surface area contributed by atoms with E-state index in [9.17, 15) is 9.90 Å². The summed E-state index contributed by atoms with van der Waals surface area (Å²) in [4.78, 5) is 11.5. The van der Waals surface area contributed by atoms with Gasteiger partial charge < -0.3 is 19.9 Å². The first-order valence-electron chi connectivity index (χ1n) is 6.21. The fourth-order valence-electron chi connectivity index (χ4n) is 1.61. The third-order valence-electron chi connectivity index (χ3n) is 2.60. The second kappa shape index (κ2) is 7.76. The molecule has 0 spiro atoms. The van der Waals surface area contributed by atoms with Crippen molar-refractivity contribution in [2.24, 2.45) is 0 Å². The van der Waals surface area contributed by atoms with Gasteiger partial charge in [0.15, 0.2) is 6.61 Å². The molecule has 1 rings (SSSR count). The van der Waals surface area contributed by atoms with Crippen LogP contribution in [-0.2, 0) is 9.53 Å². The van der Waals surface area contributed by atoms with Crippen LogP contribution in [-0.4, -0.2) is 37.9 Å². The van der Waals surface area contributed by atoms with Crippen LogP contribution in [0.5, 0.6) is 5.75 Å². The predicted octanol–water partition coefficient (Wildman–Crippen LogP) is 1.19. The first-order valence-corrected chi connectivity index (χ1v) is 6.21. The van der Waals surface area contributed by atoms with Crippen molar-refractivity contribution in [1.29, 1.82) is 0 Å². The second-order valence-electron chi connectivity index (χ2n) is 4.35. The van der Waals surface area contributed by atoms with Crippen molar-refractivity contribution in [3.63, 3.8) is 0 Å². The molecule has 0 unspecified atom stereocenters. The van der Waals surface area contributed by atoms with Gasteiger partial charge in [-0.25, -0.2) is 0 Å². The Hall–Kier alpha value is -1.59. The van der Waals surface area contributed by atoms with E-state index in [2.05, 4.69) is 5.32 Å². The van der Waals surface area contributed by atoms with Crippen molar-refractivity contribution < 1.29 is 19.4 Å². The molecule has 0 aromatic heterocycles. The van der Waals surface area contributed by atoms with Crippen molar-refractivity contribution >= 4 is 5.91 Å². The molecule has 5 nitrogen and oxygen atoms in total. The van der Waals surface area contributed by atoms with Crippen LogP contribution in [0.2, 0.25) is 0 Å². The summed E-state index contributed by atoms with van der Waals surface area (Å²) in [7, 11) is 1.57. The third kappa shape index (κ3) is 5.28. The maximum absolute atomic E-state index is 11.5. The predicted molar refractivity (Wildman–Crippen MR) is 72.2 cm³/mol. The molecular weight excluding hydrogens is 246 g/mol. The van der Waals surface area contributed by atoms with Gasteiger partial charge in [0, 0.05) is 19.2 Å². The van der Waals surface area contributed by atoms with E-state index in [0.717, 1.165) is 5.56 Å². The lowest BCUT2D eigenvalue weighted by atomic mass is 10.1. The molecule has 1 aromatic rings. The van der Waals surface area contributed by atoms with E-state index >= 15 is 0 Å². The number of aliphatic hydroxyl groups is 1. The van der Waals surface area contributed by atoms with Gasteiger partial charge in [-0.2, -0.15) is 0 Å². The van der Waals surface area contributed by atoms with Gasteiger partial charge in [-0.15, -0.1) is 0 Å². The van der Waals surface area contributed by atoms with Crippen LogP contribution in [0.15, 0.2) is 18.2 Å². The molecule has 2 N–H and O–H groups in total. The Kier molecular flexibility index (Phi) is 6.32. The molecule has 0 fully saturated rings. The van der Waals surface area contributed by atoms with E-state index in [0.29, 0.717) is 24.5 Å². The molecule has 0 saturated carbocycles. The number of carbonyl (C=O) groups is 1. The molecule has 1 atom stereocenters. The number of benzene rings is 1. The molecule has 1 amide bonds. The van der Waals surface area contributed by atoms with Crippen LogP contribution < -0.4 is 10.1 Å². The summed E-state index contributed by atoms with van der Waals surface area (Å²) in [5.74, 6) is 0.316. The molecule has 19 heavy (non-hydrogen) atoms. The van der Waals surface area contributed by atoms with E-state index in [4.69, 9.17) is 9.47 Å². The number of nitrogens with one attached hydrogen (secondary N) is 1. The summed E-state index contributed by atoms with van der Waals surface area (Å²) in [6.07, 6.45) is -0.633. The number of amides is 1. The minimum Gasteiger partial charge on any atom is -0.483 e. The molecule has 1 aromatic carbocycles. The lowest BCUT2D eigenvalue weighted by Crippen LogP contribution is -2.31. The normalized spacial score (nSPS) is 12.0. The van der Waals surface area contributed by atoms with Gasteiger partial charge >= 0.3 is 0 Å². The summed E-state index contributed by atoms with van der Waals surface area (Å²) in [5, 5.41) is 12.3. The Morgan fingerprint density at radius 3 is 2.84 bits per heavy atom. The Bertz CT molecular complexity index is 418. The molecule has 0 aliphatic heterocycles. The minimum absolute atomic E-state index is 0.0769. The topological polar surface area (TPSA) is 67.8 Å². The van der Waals surface area contributed by atoms with Gasteiger partial charge in [0.2, 0.25) is 0 Å². The average molecular weight is 267 g/mol. The lowest BCUT2D eigenvalue weighted by molar-refractivity contribution is -0.123. The monoisotopic (exact) mass is 267 g/mol. The van der Waals surface area contributed by atoms with Gasteiger partial charge in [-0.05, 0) is 26.0 Å². The Balaban J connectivity index is 2.55. The van der Waals surface area contributed by atoms with E-state index in [1.807, 2.05) is 19.1 Å². The maximum atomic E-state index is 11.5. The quantitative estimate of drug-likeness (QED) is 0.728. The standard InChI is InChI=1S/C14H21NO4/c1-10-4-5-13(12(8-10)11(2)16)19-9-14(17)15-6-7-18-3/h4-5,8,11,16H,6-7,9H2,1-3H3,(H,15,17)/t11-/m0/s1. The highest BCUT2D eigenvalue weighted by Crippen LogP contribution is 2.26.